The zero-order valence-corrected chi connectivity index (χ0v) is 22.3. The van der Waals surface area contributed by atoms with Crippen molar-refractivity contribution >= 4 is 21.1 Å². The van der Waals surface area contributed by atoms with Gasteiger partial charge in [0, 0.05) is 26.7 Å². The summed E-state index contributed by atoms with van der Waals surface area (Å²) in [6, 6.07) is 4.58. The summed E-state index contributed by atoms with van der Waals surface area (Å²) < 4.78 is 35.8. The molecule has 0 bridgehead atoms. The zero-order valence-electron chi connectivity index (χ0n) is 21.5. The number of benzene rings is 1. The number of aliphatic hydroxyl groups is 2. The van der Waals surface area contributed by atoms with Crippen molar-refractivity contribution in [1.82, 2.24) is 24.1 Å². The van der Waals surface area contributed by atoms with E-state index in [4.69, 9.17) is 14.8 Å². The Kier molecular flexibility index (Phi) is 8.32. The lowest BCUT2D eigenvalue weighted by molar-refractivity contribution is 0.0543. The number of hydrogen-bond acceptors (Lipinski definition) is 8. The van der Waals surface area contributed by atoms with E-state index >= 15 is 0 Å². The highest BCUT2D eigenvalue weighted by molar-refractivity contribution is 7.89. The van der Waals surface area contributed by atoms with Crippen molar-refractivity contribution in [2.24, 2.45) is 13.0 Å². The summed E-state index contributed by atoms with van der Waals surface area (Å²) in [7, 11) is -2.14. The average molecular weight is 534 g/mol. The van der Waals surface area contributed by atoms with E-state index in [0.717, 1.165) is 6.42 Å². The van der Waals surface area contributed by atoms with Gasteiger partial charge in [-0.3, -0.25) is 9.48 Å². The molecule has 1 aliphatic heterocycles. The number of aromatic nitrogens is 4. The molecule has 1 unspecified atom stereocenters. The number of ether oxygens (including phenoxy) is 1. The summed E-state index contributed by atoms with van der Waals surface area (Å²) in [5.74, 6) is 0.581. The second-order valence-corrected chi connectivity index (χ2v) is 11.3. The number of piperidine rings is 1. The van der Waals surface area contributed by atoms with Crippen molar-refractivity contribution < 1.29 is 23.4 Å². The first kappa shape index (κ1) is 27.2. The Bertz CT molecular complexity index is 1410. The SMILES string of the molecule is CCCc1nn(C)c2c(=O)[nH]c(-c3cc(S(=O)(=O)N4CCC(C(O)CCO)CC4)ccc3OCC)nc12. The molecule has 3 aromatic rings. The lowest BCUT2D eigenvalue weighted by Gasteiger charge is -2.33. The third-order valence-electron chi connectivity index (χ3n) is 6.86. The first-order chi connectivity index (χ1) is 17.7. The fraction of sp³-hybridized carbons (Fsp3) is 0.560. The monoisotopic (exact) mass is 533 g/mol. The number of aromatic amines is 1. The highest BCUT2D eigenvalue weighted by Crippen LogP contribution is 2.33. The van der Waals surface area contributed by atoms with Gasteiger partial charge in [0.1, 0.15) is 17.1 Å². The fourth-order valence-electron chi connectivity index (χ4n) is 4.93. The van der Waals surface area contributed by atoms with Gasteiger partial charge >= 0.3 is 0 Å². The van der Waals surface area contributed by atoms with Gasteiger partial charge in [-0.1, -0.05) is 13.3 Å². The zero-order chi connectivity index (χ0) is 26.7. The Labute approximate surface area is 216 Å². The van der Waals surface area contributed by atoms with Gasteiger partial charge in [0.05, 0.1) is 28.9 Å². The van der Waals surface area contributed by atoms with Crippen molar-refractivity contribution in [3.8, 4) is 17.1 Å². The lowest BCUT2D eigenvalue weighted by Crippen LogP contribution is -2.41. The molecule has 0 amide bonds. The molecule has 1 fully saturated rings. The molecule has 12 heteroatoms. The Morgan fingerprint density at radius 3 is 2.62 bits per heavy atom. The molecule has 0 saturated carbocycles. The summed E-state index contributed by atoms with van der Waals surface area (Å²) in [5, 5.41) is 23.7. The third kappa shape index (κ3) is 5.42. The molecule has 0 spiro atoms. The predicted octanol–water partition coefficient (Wildman–Crippen LogP) is 1.82. The van der Waals surface area contributed by atoms with Crippen molar-refractivity contribution in [2.75, 3.05) is 26.3 Å². The summed E-state index contributed by atoms with van der Waals surface area (Å²) in [6.07, 6.45) is 2.15. The van der Waals surface area contributed by atoms with Crippen LogP contribution >= 0.6 is 0 Å². The maximum Gasteiger partial charge on any atom is 0.277 e. The van der Waals surface area contributed by atoms with Crippen molar-refractivity contribution in [2.45, 2.75) is 57.0 Å². The summed E-state index contributed by atoms with van der Waals surface area (Å²) in [6.45, 7) is 4.64. The van der Waals surface area contributed by atoms with Crippen LogP contribution in [0.15, 0.2) is 27.9 Å². The second-order valence-electron chi connectivity index (χ2n) is 9.34. The van der Waals surface area contributed by atoms with Crippen LogP contribution in [0.5, 0.6) is 5.75 Å². The number of nitrogens with one attached hydrogen (secondary N) is 1. The first-order valence-corrected chi connectivity index (χ1v) is 14.2. The highest BCUT2D eigenvalue weighted by Gasteiger charge is 2.32. The van der Waals surface area contributed by atoms with Gasteiger partial charge in [-0.2, -0.15) is 9.40 Å². The number of sulfonamides is 1. The molecule has 3 heterocycles. The molecule has 11 nitrogen and oxygen atoms in total. The minimum Gasteiger partial charge on any atom is -0.493 e. The van der Waals surface area contributed by atoms with E-state index in [1.807, 2.05) is 13.8 Å². The smallest absolute Gasteiger partial charge is 0.277 e. The molecular weight excluding hydrogens is 498 g/mol. The van der Waals surface area contributed by atoms with Crippen LogP contribution in [-0.2, 0) is 23.5 Å². The van der Waals surface area contributed by atoms with Crippen LogP contribution < -0.4 is 10.3 Å². The van der Waals surface area contributed by atoms with Crippen molar-refractivity contribution in [3.05, 3.63) is 34.2 Å². The fourth-order valence-corrected chi connectivity index (χ4v) is 6.43. The molecule has 2 aromatic heterocycles. The summed E-state index contributed by atoms with van der Waals surface area (Å²) >= 11 is 0. The van der Waals surface area contributed by atoms with E-state index < -0.39 is 16.1 Å². The molecule has 1 aromatic carbocycles. The number of fused-ring (bicyclic) bond motifs is 1. The predicted molar refractivity (Wildman–Crippen MR) is 139 cm³/mol. The van der Waals surface area contributed by atoms with Gasteiger partial charge in [-0.25, -0.2) is 13.4 Å². The molecule has 1 atom stereocenters. The Morgan fingerprint density at radius 1 is 1.24 bits per heavy atom. The minimum absolute atomic E-state index is 0.0488. The van der Waals surface area contributed by atoms with E-state index in [-0.39, 0.29) is 48.3 Å². The van der Waals surface area contributed by atoms with E-state index in [1.165, 1.54) is 21.1 Å². The van der Waals surface area contributed by atoms with Gasteiger partial charge in [0.25, 0.3) is 5.56 Å². The van der Waals surface area contributed by atoms with Gasteiger partial charge in [-0.15, -0.1) is 0 Å². The van der Waals surface area contributed by atoms with E-state index in [0.29, 0.717) is 53.9 Å². The topological polar surface area (TPSA) is 151 Å². The Hall–Kier alpha value is -2.80. The maximum atomic E-state index is 13.5. The minimum atomic E-state index is -3.84. The molecule has 3 N–H and O–H groups in total. The van der Waals surface area contributed by atoms with Crippen molar-refractivity contribution in [3.63, 3.8) is 0 Å². The molecule has 37 heavy (non-hydrogen) atoms. The lowest BCUT2D eigenvalue weighted by atomic mass is 9.91. The normalized spacial score (nSPS) is 16.4. The maximum absolute atomic E-state index is 13.5. The van der Waals surface area contributed by atoms with Crippen molar-refractivity contribution in [1.29, 1.82) is 0 Å². The average Bonchev–Trinajstić information content (AvgIpc) is 3.20. The number of hydrogen-bond donors (Lipinski definition) is 3. The van der Waals surface area contributed by atoms with E-state index in [1.54, 1.807) is 13.1 Å². The van der Waals surface area contributed by atoms with Crippen LogP contribution in [-0.4, -0.2) is 75.1 Å². The molecule has 4 rings (SSSR count). The highest BCUT2D eigenvalue weighted by atomic mass is 32.2. The molecule has 202 valence electrons. The quantitative estimate of drug-likeness (QED) is 0.357. The Balaban J connectivity index is 1.72. The summed E-state index contributed by atoms with van der Waals surface area (Å²) in [4.78, 5) is 20.5. The number of nitrogens with zero attached hydrogens (tertiary/aromatic N) is 4. The van der Waals surface area contributed by atoms with Crippen LogP contribution in [0.2, 0.25) is 0 Å². The molecule has 0 radical (unpaired) electrons. The molecule has 1 aliphatic rings. The molecule has 1 saturated heterocycles. The van der Waals surface area contributed by atoms with Crippen LogP contribution in [0.4, 0.5) is 0 Å². The second kappa shape index (κ2) is 11.3. The molecule has 0 aliphatic carbocycles. The van der Waals surface area contributed by atoms with Crippen LogP contribution in [0.25, 0.3) is 22.4 Å². The number of H-pyrrole nitrogens is 1. The van der Waals surface area contributed by atoms with Crippen LogP contribution in [0, 0.1) is 5.92 Å². The standard InChI is InChI=1S/C25H35N5O6S/c1-4-6-19-22-23(29(3)28-19)25(33)27-24(26-22)18-15-17(7-8-21(18)36-5-2)37(34,35)30-12-9-16(10-13-30)20(32)11-14-31/h7-8,15-16,20,31-32H,4-6,9-14H2,1-3H3,(H,26,27,33). The first-order valence-electron chi connectivity index (χ1n) is 12.7. The summed E-state index contributed by atoms with van der Waals surface area (Å²) in [5.41, 5.74) is 1.57. The largest absolute Gasteiger partial charge is 0.493 e. The van der Waals surface area contributed by atoms with Gasteiger partial charge in [0.2, 0.25) is 10.0 Å². The van der Waals surface area contributed by atoms with E-state index in [2.05, 4.69) is 10.1 Å². The Morgan fingerprint density at radius 2 is 1.97 bits per heavy atom. The van der Waals surface area contributed by atoms with Gasteiger partial charge in [-0.05, 0) is 56.7 Å². The number of aryl methyl sites for hydroxylation is 2. The number of aliphatic hydroxyl groups excluding tert-OH is 2. The van der Waals surface area contributed by atoms with Crippen LogP contribution in [0.3, 0.4) is 0 Å². The molecular formula is C25H35N5O6S. The van der Waals surface area contributed by atoms with E-state index in [9.17, 15) is 18.3 Å². The van der Waals surface area contributed by atoms with Gasteiger partial charge < -0.3 is 19.9 Å². The van der Waals surface area contributed by atoms with Gasteiger partial charge in [0.15, 0.2) is 5.52 Å². The third-order valence-corrected chi connectivity index (χ3v) is 8.76. The van der Waals surface area contributed by atoms with Crippen LogP contribution in [0.1, 0.15) is 45.2 Å². The number of rotatable bonds is 10.